The zero-order chi connectivity index (χ0) is 16.2. The molecule has 1 saturated heterocycles. The van der Waals surface area contributed by atoms with Crippen molar-refractivity contribution in [1.29, 1.82) is 0 Å². The molecule has 0 unspecified atom stereocenters. The number of piperazine rings is 1. The van der Waals surface area contributed by atoms with Crippen LogP contribution in [0.1, 0.15) is 0 Å². The Bertz CT molecular complexity index is 656. The summed E-state index contributed by atoms with van der Waals surface area (Å²) in [5, 5.41) is 3.58. The highest BCUT2D eigenvalue weighted by atomic mass is 32.2. The second kappa shape index (κ2) is 7.17. The lowest BCUT2D eigenvalue weighted by Gasteiger charge is -2.35. The van der Waals surface area contributed by atoms with Crippen LogP contribution in [0, 0.1) is 5.82 Å². The molecule has 1 fully saturated rings. The molecule has 2 rings (SSSR count). The quantitative estimate of drug-likeness (QED) is 0.657. The van der Waals surface area contributed by atoms with Crippen molar-refractivity contribution in [3.8, 4) is 0 Å². The molecule has 1 aliphatic heterocycles. The zero-order valence-electron chi connectivity index (χ0n) is 12.0. The predicted molar refractivity (Wildman–Crippen MR) is 87.5 cm³/mol. The van der Waals surface area contributed by atoms with Crippen LogP contribution < -0.4 is 5.32 Å². The Morgan fingerprint density at radius 1 is 1.32 bits per heavy atom. The molecule has 5 nitrogen and oxygen atoms in total. The lowest BCUT2D eigenvalue weighted by atomic mass is 10.3. The Morgan fingerprint density at radius 2 is 1.95 bits per heavy atom. The lowest BCUT2D eigenvalue weighted by Crippen LogP contribution is -2.53. The van der Waals surface area contributed by atoms with Crippen molar-refractivity contribution in [1.82, 2.24) is 14.5 Å². The van der Waals surface area contributed by atoms with Gasteiger partial charge in [0.15, 0.2) is 5.11 Å². The predicted octanol–water partition coefficient (Wildman–Crippen LogP) is 1.19. The van der Waals surface area contributed by atoms with E-state index in [0.29, 0.717) is 24.7 Å². The standard InChI is InChI=1S/C14H18FN3O2S2/c1-2-7-16-14(21)17-8-10-18(11-9-17)22(19,20)13-6-4-3-5-12(13)15/h2-6H,1,7-11H2,(H,16,21). The van der Waals surface area contributed by atoms with Crippen molar-refractivity contribution < 1.29 is 12.8 Å². The summed E-state index contributed by atoms with van der Waals surface area (Å²) in [5.74, 6) is -0.729. The fourth-order valence-corrected chi connectivity index (χ4v) is 3.95. The summed E-state index contributed by atoms with van der Waals surface area (Å²) in [6.45, 7) is 5.64. The number of benzene rings is 1. The molecule has 1 heterocycles. The highest BCUT2D eigenvalue weighted by Crippen LogP contribution is 2.20. The van der Waals surface area contributed by atoms with Crippen molar-refractivity contribution in [3.63, 3.8) is 0 Å². The molecule has 1 aliphatic rings. The maximum Gasteiger partial charge on any atom is 0.246 e. The fourth-order valence-electron chi connectivity index (χ4n) is 2.20. The zero-order valence-corrected chi connectivity index (χ0v) is 13.7. The minimum atomic E-state index is -3.81. The topological polar surface area (TPSA) is 52.6 Å². The van der Waals surface area contributed by atoms with Crippen molar-refractivity contribution in [2.45, 2.75) is 4.90 Å². The van der Waals surface area contributed by atoms with Gasteiger partial charge in [0.2, 0.25) is 10.0 Å². The van der Waals surface area contributed by atoms with Crippen molar-refractivity contribution >= 4 is 27.4 Å². The van der Waals surface area contributed by atoms with Crippen molar-refractivity contribution in [3.05, 3.63) is 42.7 Å². The third-order valence-electron chi connectivity index (χ3n) is 3.38. The van der Waals surface area contributed by atoms with Gasteiger partial charge in [-0.3, -0.25) is 0 Å². The summed E-state index contributed by atoms with van der Waals surface area (Å²) in [7, 11) is -3.81. The van der Waals surface area contributed by atoms with Crippen LogP contribution >= 0.6 is 12.2 Å². The molecule has 0 radical (unpaired) electrons. The van der Waals surface area contributed by atoms with Crippen LogP contribution in [-0.4, -0.2) is 55.5 Å². The van der Waals surface area contributed by atoms with E-state index in [1.807, 2.05) is 4.90 Å². The molecule has 1 aromatic carbocycles. The van der Waals surface area contributed by atoms with Crippen LogP contribution in [0.3, 0.4) is 0 Å². The number of nitrogens with one attached hydrogen (secondary N) is 1. The SMILES string of the molecule is C=CCNC(=S)N1CCN(S(=O)(=O)c2ccccc2F)CC1. The molecule has 0 saturated carbocycles. The van der Waals surface area contributed by atoms with Crippen LogP contribution in [0.4, 0.5) is 4.39 Å². The van der Waals surface area contributed by atoms with Crippen LogP contribution in [0.2, 0.25) is 0 Å². The number of hydrogen-bond acceptors (Lipinski definition) is 3. The molecule has 0 atom stereocenters. The number of halogens is 1. The van der Waals surface area contributed by atoms with Gasteiger partial charge in [0.25, 0.3) is 0 Å². The molecule has 0 aliphatic carbocycles. The van der Waals surface area contributed by atoms with Crippen molar-refractivity contribution in [2.24, 2.45) is 0 Å². The molecule has 0 spiro atoms. The highest BCUT2D eigenvalue weighted by Gasteiger charge is 2.30. The number of rotatable bonds is 4. The fraction of sp³-hybridized carbons (Fsp3) is 0.357. The van der Waals surface area contributed by atoms with Crippen LogP contribution in [0.25, 0.3) is 0 Å². The van der Waals surface area contributed by atoms with E-state index in [9.17, 15) is 12.8 Å². The Kier molecular flexibility index (Phi) is 5.49. The van der Waals surface area contributed by atoms with Gasteiger partial charge in [-0.05, 0) is 24.4 Å². The van der Waals surface area contributed by atoms with Gasteiger partial charge < -0.3 is 10.2 Å². The van der Waals surface area contributed by atoms with E-state index in [2.05, 4.69) is 11.9 Å². The molecule has 1 N–H and O–H groups in total. The minimum Gasteiger partial charge on any atom is -0.359 e. The van der Waals surface area contributed by atoms with Gasteiger partial charge in [-0.15, -0.1) is 6.58 Å². The summed E-state index contributed by atoms with van der Waals surface area (Å²) in [6, 6.07) is 5.42. The first-order valence-electron chi connectivity index (χ1n) is 6.85. The summed E-state index contributed by atoms with van der Waals surface area (Å²) in [5.41, 5.74) is 0. The second-order valence-electron chi connectivity index (χ2n) is 4.80. The average Bonchev–Trinajstić information content (AvgIpc) is 2.53. The molecule has 22 heavy (non-hydrogen) atoms. The van der Waals surface area contributed by atoms with Crippen LogP contribution in [-0.2, 0) is 10.0 Å². The molecule has 120 valence electrons. The minimum absolute atomic E-state index is 0.270. The largest absolute Gasteiger partial charge is 0.359 e. The maximum atomic E-state index is 13.7. The first-order chi connectivity index (χ1) is 10.5. The number of hydrogen-bond donors (Lipinski definition) is 1. The smallest absolute Gasteiger partial charge is 0.246 e. The second-order valence-corrected chi connectivity index (χ2v) is 7.09. The number of nitrogens with zero attached hydrogens (tertiary/aromatic N) is 2. The molecule has 0 amide bonds. The number of sulfonamides is 1. The summed E-state index contributed by atoms with van der Waals surface area (Å²) >= 11 is 5.22. The normalized spacial score (nSPS) is 16.3. The molecule has 0 aromatic heterocycles. The van der Waals surface area contributed by atoms with Crippen molar-refractivity contribution in [2.75, 3.05) is 32.7 Å². The molecule has 0 bridgehead atoms. The number of thiocarbonyl (C=S) groups is 1. The molecule has 1 aromatic rings. The van der Waals surface area contributed by atoms with Gasteiger partial charge in [0.1, 0.15) is 10.7 Å². The van der Waals surface area contributed by atoms with Crippen LogP contribution in [0.15, 0.2) is 41.8 Å². The van der Waals surface area contributed by atoms with Gasteiger partial charge >= 0.3 is 0 Å². The third kappa shape index (κ3) is 3.63. The van der Waals surface area contributed by atoms with Gasteiger partial charge in [-0.2, -0.15) is 4.31 Å². The van der Waals surface area contributed by atoms with E-state index in [4.69, 9.17) is 12.2 Å². The van der Waals surface area contributed by atoms with E-state index < -0.39 is 15.8 Å². The van der Waals surface area contributed by atoms with E-state index in [0.717, 1.165) is 6.07 Å². The first kappa shape index (κ1) is 16.9. The van der Waals surface area contributed by atoms with Gasteiger partial charge in [0.05, 0.1) is 0 Å². The lowest BCUT2D eigenvalue weighted by molar-refractivity contribution is 0.264. The molecular formula is C14H18FN3O2S2. The van der Waals surface area contributed by atoms with Crippen LogP contribution in [0.5, 0.6) is 0 Å². The average molecular weight is 343 g/mol. The van der Waals surface area contributed by atoms with E-state index in [1.54, 1.807) is 6.08 Å². The Labute approximate surface area is 135 Å². The highest BCUT2D eigenvalue weighted by molar-refractivity contribution is 7.89. The summed E-state index contributed by atoms with van der Waals surface area (Å²) in [6.07, 6.45) is 1.70. The summed E-state index contributed by atoms with van der Waals surface area (Å²) in [4.78, 5) is 1.61. The Morgan fingerprint density at radius 3 is 2.55 bits per heavy atom. The maximum absolute atomic E-state index is 13.7. The Balaban J connectivity index is 2.04. The van der Waals surface area contributed by atoms with Gasteiger partial charge in [-0.25, -0.2) is 12.8 Å². The molecule has 8 heteroatoms. The van der Waals surface area contributed by atoms with E-state index in [1.165, 1.54) is 22.5 Å². The first-order valence-corrected chi connectivity index (χ1v) is 8.70. The van der Waals surface area contributed by atoms with E-state index in [-0.39, 0.29) is 18.0 Å². The monoisotopic (exact) mass is 343 g/mol. The van der Waals surface area contributed by atoms with Gasteiger partial charge in [-0.1, -0.05) is 18.2 Å². The third-order valence-corrected chi connectivity index (χ3v) is 5.71. The van der Waals surface area contributed by atoms with Gasteiger partial charge in [0, 0.05) is 32.7 Å². The molecular weight excluding hydrogens is 325 g/mol. The van der Waals surface area contributed by atoms with E-state index >= 15 is 0 Å². The summed E-state index contributed by atoms with van der Waals surface area (Å²) < 4.78 is 39.9. The Hall–Kier alpha value is -1.51.